The van der Waals surface area contributed by atoms with Gasteiger partial charge in [0, 0.05) is 13.1 Å². The van der Waals surface area contributed by atoms with E-state index in [2.05, 4.69) is 4.90 Å². The van der Waals surface area contributed by atoms with Crippen LogP contribution >= 0.6 is 0 Å². The van der Waals surface area contributed by atoms with E-state index < -0.39 is 11.5 Å². The molecule has 1 heterocycles. The van der Waals surface area contributed by atoms with Crippen molar-refractivity contribution in [2.24, 2.45) is 5.92 Å². The second kappa shape index (κ2) is 6.37. The fourth-order valence-electron chi connectivity index (χ4n) is 1.99. The topological polar surface area (TPSA) is 55.8 Å². The molecule has 0 N–H and O–H groups in total. The Bertz CT molecular complexity index is 335. The Labute approximate surface area is 115 Å². The normalized spacial score (nSPS) is 22.1. The van der Waals surface area contributed by atoms with E-state index in [9.17, 15) is 9.59 Å². The van der Waals surface area contributed by atoms with Gasteiger partial charge in [0.15, 0.2) is 0 Å². The molecule has 0 radical (unpaired) electrons. The molecule has 0 amide bonds. The molecule has 0 unspecified atom stereocenters. The minimum Gasteiger partial charge on any atom is -0.461 e. The van der Waals surface area contributed by atoms with Crippen molar-refractivity contribution in [3.63, 3.8) is 0 Å². The van der Waals surface area contributed by atoms with Gasteiger partial charge in [0.2, 0.25) is 0 Å². The second-order valence-electron chi connectivity index (χ2n) is 6.30. The summed E-state index contributed by atoms with van der Waals surface area (Å²) in [5.41, 5.74) is -0.519. The molecule has 0 aliphatic carbocycles. The zero-order valence-electron chi connectivity index (χ0n) is 12.6. The van der Waals surface area contributed by atoms with Crippen LogP contribution in [0.15, 0.2) is 0 Å². The highest BCUT2D eigenvalue weighted by Gasteiger charge is 2.27. The Balaban J connectivity index is 2.34. The molecule has 0 aromatic heterocycles. The smallest absolute Gasteiger partial charge is 0.309 e. The third-order valence-corrected chi connectivity index (χ3v) is 2.93. The van der Waals surface area contributed by atoms with Crippen LogP contribution in [0.5, 0.6) is 0 Å². The van der Waals surface area contributed by atoms with E-state index in [1.807, 2.05) is 27.8 Å². The first-order chi connectivity index (χ1) is 8.67. The molecule has 0 aromatic rings. The standard InChI is InChI=1S/C14H25NO4/c1-10(8-12(16)19-14(2,3)4)13(17)18-11-6-7-15(5)9-11/h10-11H,6-9H2,1-5H3/t10-,11-/m1/s1. The van der Waals surface area contributed by atoms with Crippen LogP contribution in [-0.4, -0.2) is 48.7 Å². The van der Waals surface area contributed by atoms with Crippen LogP contribution in [0, 0.1) is 5.92 Å². The number of hydrogen-bond acceptors (Lipinski definition) is 5. The van der Waals surface area contributed by atoms with Gasteiger partial charge in [-0.05, 0) is 34.2 Å². The van der Waals surface area contributed by atoms with Crippen molar-refractivity contribution in [1.29, 1.82) is 0 Å². The molecule has 1 fully saturated rings. The summed E-state index contributed by atoms with van der Waals surface area (Å²) in [7, 11) is 2.00. The molecular weight excluding hydrogens is 246 g/mol. The molecule has 1 saturated heterocycles. The van der Waals surface area contributed by atoms with Crippen LogP contribution in [0.3, 0.4) is 0 Å². The molecule has 0 saturated carbocycles. The average Bonchev–Trinajstić information content (AvgIpc) is 2.60. The van der Waals surface area contributed by atoms with Crippen molar-refractivity contribution < 1.29 is 19.1 Å². The maximum Gasteiger partial charge on any atom is 0.309 e. The van der Waals surface area contributed by atoms with Crippen molar-refractivity contribution in [1.82, 2.24) is 4.90 Å². The molecule has 1 rings (SSSR count). The Kier molecular flexibility index (Phi) is 5.35. The van der Waals surface area contributed by atoms with Gasteiger partial charge in [-0.25, -0.2) is 0 Å². The molecule has 0 aromatic carbocycles. The summed E-state index contributed by atoms with van der Waals surface area (Å²) < 4.78 is 10.6. The first-order valence-corrected chi connectivity index (χ1v) is 6.78. The highest BCUT2D eigenvalue weighted by Crippen LogP contribution is 2.16. The Morgan fingerprint density at radius 3 is 2.47 bits per heavy atom. The quantitative estimate of drug-likeness (QED) is 0.727. The summed E-state index contributed by atoms with van der Waals surface area (Å²) in [5, 5.41) is 0. The minimum atomic E-state index is -0.519. The number of likely N-dealkylation sites (tertiary alicyclic amines) is 1. The van der Waals surface area contributed by atoms with Gasteiger partial charge in [0.1, 0.15) is 11.7 Å². The van der Waals surface area contributed by atoms with E-state index in [4.69, 9.17) is 9.47 Å². The number of carbonyl (C=O) groups excluding carboxylic acids is 2. The van der Waals surface area contributed by atoms with Gasteiger partial charge in [-0.3, -0.25) is 9.59 Å². The molecule has 0 spiro atoms. The van der Waals surface area contributed by atoms with E-state index in [1.165, 1.54) is 0 Å². The van der Waals surface area contributed by atoms with Crippen molar-refractivity contribution in [2.75, 3.05) is 20.1 Å². The molecular formula is C14H25NO4. The third kappa shape index (κ3) is 6.05. The summed E-state index contributed by atoms with van der Waals surface area (Å²) in [4.78, 5) is 25.6. The van der Waals surface area contributed by atoms with Crippen LogP contribution in [0.25, 0.3) is 0 Å². The Morgan fingerprint density at radius 1 is 1.37 bits per heavy atom. The van der Waals surface area contributed by atoms with Crippen LogP contribution in [0.4, 0.5) is 0 Å². The lowest BCUT2D eigenvalue weighted by molar-refractivity contribution is -0.163. The van der Waals surface area contributed by atoms with Crippen LogP contribution in [0.2, 0.25) is 0 Å². The van der Waals surface area contributed by atoms with Gasteiger partial charge in [-0.1, -0.05) is 6.92 Å². The Morgan fingerprint density at radius 2 is 2.00 bits per heavy atom. The molecule has 5 heteroatoms. The summed E-state index contributed by atoms with van der Waals surface area (Å²) in [6.45, 7) is 8.83. The highest BCUT2D eigenvalue weighted by molar-refractivity contribution is 5.79. The van der Waals surface area contributed by atoms with E-state index >= 15 is 0 Å². The number of nitrogens with zero attached hydrogens (tertiary/aromatic N) is 1. The van der Waals surface area contributed by atoms with Crippen LogP contribution in [0.1, 0.15) is 40.5 Å². The molecule has 19 heavy (non-hydrogen) atoms. The monoisotopic (exact) mass is 271 g/mol. The number of carbonyl (C=O) groups is 2. The molecule has 1 aliphatic heterocycles. The highest BCUT2D eigenvalue weighted by atomic mass is 16.6. The Hall–Kier alpha value is -1.10. The van der Waals surface area contributed by atoms with Crippen molar-refractivity contribution in [3.8, 4) is 0 Å². The maximum absolute atomic E-state index is 11.9. The number of esters is 2. The molecule has 2 atom stereocenters. The fourth-order valence-corrected chi connectivity index (χ4v) is 1.99. The lowest BCUT2D eigenvalue weighted by Gasteiger charge is -2.21. The number of rotatable bonds is 4. The fraction of sp³-hybridized carbons (Fsp3) is 0.857. The second-order valence-corrected chi connectivity index (χ2v) is 6.30. The van der Waals surface area contributed by atoms with E-state index in [0.717, 1.165) is 19.5 Å². The van der Waals surface area contributed by atoms with Crippen molar-refractivity contribution >= 4 is 11.9 Å². The zero-order chi connectivity index (χ0) is 14.6. The van der Waals surface area contributed by atoms with Gasteiger partial charge in [0.05, 0.1) is 12.3 Å². The summed E-state index contributed by atoms with van der Waals surface area (Å²) >= 11 is 0. The van der Waals surface area contributed by atoms with Gasteiger partial charge in [-0.2, -0.15) is 0 Å². The maximum atomic E-state index is 11.9. The van der Waals surface area contributed by atoms with Gasteiger partial charge in [-0.15, -0.1) is 0 Å². The van der Waals surface area contributed by atoms with E-state index in [0.29, 0.717) is 0 Å². The van der Waals surface area contributed by atoms with E-state index in [-0.39, 0.29) is 24.5 Å². The minimum absolute atomic E-state index is 0.0430. The zero-order valence-corrected chi connectivity index (χ0v) is 12.6. The predicted molar refractivity (Wildman–Crippen MR) is 71.6 cm³/mol. The summed E-state index contributed by atoms with van der Waals surface area (Å²) in [6.07, 6.45) is 0.888. The molecule has 5 nitrogen and oxygen atoms in total. The number of ether oxygens (including phenoxy) is 2. The summed E-state index contributed by atoms with van der Waals surface area (Å²) in [6, 6.07) is 0. The predicted octanol–water partition coefficient (Wildman–Crippen LogP) is 1.60. The lowest BCUT2D eigenvalue weighted by atomic mass is 10.1. The summed E-state index contributed by atoms with van der Waals surface area (Å²) in [5.74, 6) is -1.13. The lowest BCUT2D eigenvalue weighted by Crippen LogP contribution is -2.29. The van der Waals surface area contributed by atoms with Gasteiger partial charge >= 0.3 is 11.9 Å². The molecule has 1 aliphatic rings. The van der Waals surface area contributed by atoms with Crippen LogP contribution < -0.4 is 0 Å². The number of likely N-dealkylation sites (N-methyl/N-ethyl adjacent to an activating group) is 1. The number of hydrogen-bond donors (Lipinski definition) is 0. The van der Waals surface area contributed by atoms with Crippen LogP contribution in [-0.2, 0) is 19.1 Å². The molecule has 0 bridgehead atoms. The van der Waals surface area contributed by atoms with Crippen molar-refractivity contribution in [3.05, 3.63) is 0 Å². The average molecular weight is 271 g/mol. The van der Waals surface area contributed by atoms with Gasteiger partial charge < -0.3 is 14.4 Å². The van der Waals surface area contributed by atoms with E-state index in [1.54, 1.807) is 6.92 Å². The largest absolute Gasteiger partial charge is 0.461 e. The van der Waals surface area contributed by atoms with Crippen molar-refractivity contribution in [2.45, 2.75) is 52.2 Å². The van der Waals surface area contributed by atoms with Gasteiger partial charge in [0.25, 0.3) is 0 Å². The SMILES string of the molecule is C[C@H](CC(=O)OC(C)(C)C)C(=O)O[C@@H]1CCN(C)C1. The first kappa shape index (κ1) is 16.0. The molecule has 110 valence electrons. The third-order valence-electron chi connectivity index (χ3n) is 2.93. The first-order valence-electron chi connectivity index (χ1n) is 6.78.